The fraction of sp³-hybridized carbons (Fsp3) is 0.409. The van der Waals surface area contributed by atoms with Gasteiger partial charge in [-0.15, -0.1) is 0 Å². The van der Waals surface area contributed by atoms with Crippen molar-refractivity contribution in [3.63, 3.8) is 0 Å². The van der Waals surface area contributed by atoms with E-state index in [1.807, 2.05) is 6.07 Å². The maximum Gasteiger partial charge on any atom is 0.328 e. The molecule has 0 amide bonds. The molecule has 1 fully saturated rings. The quantitative estimate of drug-likeness (QED) is 0.707. The highest BCUT2D eigenvalue weighted by molar-refractivity contribution is 5.75. The molecule has 1 aromatic carbocycles. The molecule has 0 bridgehead atoms. The normalized spacial score (nSPS) is 23.0. The number of nitrogens with one attached hydrogen (secondary N) is 2. The molecule has 3 unspecified atom stereocenters. The summed E-state index contributed by atoms with van der Waals surface area (Å²) in [5.41, 5.74) is 2.53. The van der Waals surface area contributed by atoms with Gasteiger partial charge in [-0.05, 0) is 55.0 Å². The van der Waals surface area contributed by atoms with Crippen LogP contribution in [0.4, 0.5) is 0 Å². The lowest BCUT2D eigenvalue weighted by Gasteiger charge is -2.32. The summed E-state index contributed by atoms with van der Waals surface area (Å²) in [5, 5.41) is 4.08. The first-order chi connectivity index (χ1) is 14.2. The first-order valence-electron chi connectivity index (χ1n) is 10.1. The molecule has 5 rings (SSSR count). The summed E-state index contributed by atoms with van der Waals surface area (Å²) in [5.74, 6) is 1.92. The van der Waals surface area contributed by atoms with Crippen molar-refractivity contribution in [3.8, 4) is 5.75 Å². The maximum absolute atomic E-state index is 12.8. The molecule has 1 aliphatic carbocycles. The van der Waals surface area contributed by atoms with Crippen LogP contribution in [0.25, 0.3) is 10.9 Å². The van der Waals surface area contributed by atoms with Crippen LogP contribution in [0.15, 0.2) is 46.2 Å². The van der Waals surface area contributed by atoms with Crippen molar-refractivity contribution in [2.45, 2.75) is 37.8 Å². The summed E-state index contributed by atoms with van der Waals surface area (Å²) in [4.78, 5) is 32.1. The molecule has 3 heterocycles. The summed E-state index contributed by atoms with van der Waals surface area (Å²) in [6.07, 6.45) is 5.96. The minimum atomic E-state index is -0.367. The third-order valence-electron chi connectivity index (χ3n) is 6.54. The van der Waals surface area contributed by atoms with Gasteiger partial charge in [0.15, 0.2) is 0 Å². The van der Waals surface area contributed by atoms with Gasteiger partial charge in [-0.3, -0.25) is 14.3 Å². The lowest BCUT2D eigenvalue weighted by molar-refractivity contribution is 0.371. The van der Waals surface area contributed by atoms with Crippen LogP contribution < -0.4 is 21.3 Å². The topological polar surface area (TPSA) is 89.0 Å². The smallest absolute Gasteiger partial charge is 0.328 e. The van der Waals surface area contributed by atoms with Crippen LogP contribution in [-0.2, 0) is 13.0 Å². The van der Waals surface area contributed by atoms with Crippen molar-refractivity contribution < 1.29 is 4.74 Å². The van der Waals surface area contributed by atoms with E-state index in [0.717, 1.165) is 25.1 Å². The molecule has 29 heavy (non-hydrogen) atoms. The fourth-order valence-corrected chi connectivity index (χ4v) is 5.17. The maximum atomic E-state index is 12.8. The molecule has 1 saturated heterocycles. The number of fused-ring (bicyclic) bond motifs is 4. The van der Waals surface area contributed by atoms with E-state index in [4.69, 9.17) is 4.74 Å². The molecule has 0 spiro atoms. The standard InChI is InChI=1S/C22H24N4O3/c1-29-19-4-2-3-15-14(19)6-5-13-11-24-18(20(13)15)8-10-26-21(27)16-12-23-9-7-17(16)25-22(26)28/h2-4,7,9,12-13,18,20,24H,5-6,8,10-11H2,1H3,(H,25,28). The Morgan fingerprint density at radius 1 is 1.28 bits per heavy atom. The van der Waals surface area contributed by atoms with E-state index in [-0.39, 0.29) is 17.3 Å². The molecule has 2 N–H and O–H groups in total. The summed E-state index contributed by atoms with van der Waals surface area (Å²) in [7, 11) is 1.72. The number of hydrogen-bond acceptors (Lipinski definition) is 5. The second-order valence-corrected chi connectivity index (χ2v) is 7.96. The second-order valence-electron chi connectivity index (χ2n) is 7.96. The summed E-state index contributed by atoms with van der Waals surface area (Å²) in [6.45, 7) is 1.35. The van der Waals surface area contributed by atoms with Gasteiger partial charge in [0.25, 0.3) is 5.56 Å². The number of rotatable bonds is 4. The van der Waals surface area contributed by atoms with Gasteiger partial charge < -0.3 is 15.0 Å². The average Bonchev–Trinajstić information content (AvgIpc) is 3.16. The Labute approximate surface area is 167 Å². The zero-order valence-corrected chi connectivity index (χ0v) is 16.4. The first kappa shape index (κ1) is 18.1. The zero-order chi connectivity index (χ0) is 20.0. The van der Waals surface area contributed by atoms with Gasteiger partial charge in [-0.2, -0.15) is 0 Å². The van der Waals surface area contributed by atoms with Crippen LogP contribution in [-0.4, -0.2) is 34.2 Å². The number of hydrogen-bond donors (Lipinski definition) is 2. The molecule has 2 aromatic heterocycles. The largest absolute Gasteiger partial charge is 0.496 e. The van der Waals surface area contributed by atoms with E-state index in [0.29, 0.717) is 35.7 Å². The van der Waals surface area contributed by atoms with Gasteiger partial charge in [0.2, 0.25) is 0 Å². The molecule has 7 nitrogen and oxygen atoms in total. The van der Waals surface area contributed by atoms with Crippen molar-refractivity contribution in [2.24, 2.45) is 5.92 Å². The fourth-order valence-electron chi connectivity index (χ4n) is 5.17. The summed E-state index contributed by atoms with van der Waals surface area (Å²) >= 11 is 0. The number of pyridine rings is 1. The highest BCUT2D eigenvalue weighted by Gasteiger charge is 2.40. The highest BCUT2D eigenvalue weighted by Crippen LogP contribution is 2.45. The van der Waals surface area contributed by atoms with Crippen molar-refractivity contribution in [1.29, 1.82) is 0 Å². The molecule has 2 aliphatic rings. The third-order valence-corrected chi connectivity index (χ3v) is 6.54. The molecular weight excluding hydrogens is 368 g/mol. The van der Waals surface area contributed by atoms with Gasteiger partial charge in [-0.1, -0.05) is 12.1 Å². The minimum absolute atomic E-state index is 0.224. The summed E-state index contributed by atoms with van der Waals surface area (Å²) < 4.78 is 6.88. The monoisotopic (exact) mass is 392 g/mol. The molecule has 7 heteroatoms. The van der Waals surface area contributed by atoms with Crippen LogP contribution in [0.5, 0.6) is 5.75 Å². The molecule has 150 valence electrons. The lowest BCUT2D eigenvalue weighted by Crippen LogP contribution is -2.38. The lowest BCUT2D eigenvalue weighted by atomic mass is 9.73. The number of methoxy groups -OCH3 is 1. The molecule has 0 saturated carbocycles. The minimum Gasteiger partial charge on any atom is -0.496 e. The average molecular weight is 392 g/mol. The van der Waals surface area contributed by atoms with Crippen LogP contribution >= 0.6 is 0 Å². The number of nitrogens with zero attached hydrogens (tertiary/aromatic N) is 2. The second kappa shape index (κ2) is 7.15. The van der Waals surface area contributed by atoms with E-state index >= 15 is 0 Å². The Balaban J connectivity index is 1.44. The number of aromatic nitrogens is 3. The van der Waals surface area contributed by atoms with E-state index in [9.17, 15) is 9.59 Å². The van der Waals surface area contributed by atoms with Gasteiger partial charge in [0.05, 0.1) is 18.0 Å². The highest BCUT2D eigenvalue weighted by atomic mass is 16.5. The molecule has 0 radical (unpaired) electrons. The zero-order valence-electron chi connectivity index (χ0n) is 16.4. The van der Waals surface area contributed by atoms with Gasteiger partial charge in [0, 0.05) is 30.9 Å². The number of ether oxygens (including phenoxy) is 1. The number of benzene rings is 1. The van der Waals surface area contributed by atoms with Crippen molar-refractivity contribution in [3.05, 3.63) is 68.6 Å². The SMILES string of the molecule is COc1cccc2c1CCC1CNC(CCn3c(=O)[nH]c4ccncc4c3=O)C21. The summed E-state index contributed by atoms with van der Waals surface area (Å²) in [6, 6.07) is 8.16. The van der Waals surface area contributed by atoms with Crippen molar-refractivity contribution in [1.82, 2.24) is 19.9 Å². The van der Waals surface area contributed by atoms with Crippen LogP contribution in [0.3, 0.4) is 0 Å². The molecule has 1 aliphatic heterocycles. The van der Waals surface area contributed by atoms with Crippen molar-refractivity contribution >= 4 is 10.9 Å². The Kier molecular flexibility index (Phi) is 4.47. The van der Waals surface area contributed by atoms with E-state index in [2.05, 4.69) is 27.4 Å². The van der Waals surface area contributed by atoms with Gasteiger partial charge in [0.1, 0.15) is 5.75 Å². The molecular formula is C22H24N4O3. The predicted molar refractivity (Wildman–Crippen MR) is 111 cm³/mol. The van der Waals surface area contributed by atoms with Crippen molar-refractivity contribution in [2.75, 3.05) is 13.7 Å². The van der Waals surface area contributed by atoms with Crippen LogP contribution in [0, 0.1) is 5.92 Å². The Hall–Kier alpha value is -2.93. The van der Waals surface area contributed by atoms with E-state index < -0.39 is 0 Å². The Morgan fingerprint density at radius 2 is 2.17 bits per heavy atom. The molecule has 3 atom stereocenters. The number of aromatic amines is 1. The van der Waals surface area contributed by atoms with E-state index in [1.165, 1.54) is 21.9 Å². The predicted octanol–water partition coefficient (Wildman–Crippen LogP) is 1.80. The molecule has 3 aromatic rings. The van der Waals surface area contributed by atoms with E-state index in [1.54, 1.807) is 19.4 Å². The third kappa shape index (κ3) is 2.97. The van der Waals surface area contributed by atoms with Crippen LogP contribution in [0.2, 0.25) is 0 Å². The van der Waals surface area contributed by atoms with Gasteiger partial charge >= 0.3 is 5.69 Å². The Morgan fingerprint density at radius 3 is 3.03 bits per heavy atom. The first-order valence-corrected chi connectivity index (χ1v) is 10.1. The Bertz CT molecular complexity index is 1180. The van der Waals surface area contributed by atoms with Gasteiger partial charge in [-0.25, -0.2) is 4.79 Å². The number of H-pyrrole nitrogens is 1. The van der Waals surface area contributed by atoms with Crippen LogP contribution in [0.1, 0.15) is 29.9 Å².